The molecule has 0 aromatic carbocycles. The standard InChI is InChI=1S/C13H19N3OS/c1-4-11-14-12(16(3)7-5-9(2)17)10-6-8-18-13(10)15-11/h6,8-9,17H,4-5,7H2,1-3H3. The molecule has 2 heterocycles. The molecular formula is C13H19N3OS. The first kappa shape index (κ1) is 13.2. The van der Waals surface area contributed by atoms with Crippen molar-refractivity contribution in [3.05, 3.63) is 17.3 Å². The summed E-state index contributed by atoms with van der Waals surface area (Å²) in [6.07, 6.45) is 1.30. The van der Waals surface area contributed by atoms with Gasteiger partial charge in [0.2, 0.25) is 0 Å². The van der Waals surface area contributed by atoms with Gasteiger partial charge < -0.3 is 10.0 Å². The Bertz CT molecular complexity index is 524. The molecule has 0 aliphatic rings. The molecule has 0 saturated heterocycles. The first-order valence-electron chi connectivity index (χ1n) is 6.25. The minimum atomic E-state index is -0.280. The first-order chi connectivity index (χ1) is 8.61. The predicted octanol–water partition coefficient (Wildman–Crippen LogP) is 2.46. The highest BCUT2D eigenvalue weighted by atomic mass is 32.1. The van der Waals surface area contributed by atoms with Crippen molar-refractivity contribution in [1.29, 1.82) is 0 Å². The number of anilines is 1. The summed E-state index contributed by atoms with van der Waals surface area (Å²) >= 11 is 1.65. The molecular weight excluding hydrogens is 246 g/mol. The molecule has 4 nitrogen and oxygen atoms in total. The van der Waals surface area contributed by atoms with Crippen molar-refractivity contribution < 1.29 is 5.11 Å². The largest absolute Gasteiger partial charge is 0.393 e. The molecule has 0 amide bonds. The first-order valence-corrected chi connectivity index (χ1v) is 7.13. The third-order valence-corrected chi connectivity index (χ3v) is 3.72. The third-order valence-electron chi connectivity index (χ3n) is 2.91. The maximum absolute atomic E-state index is 9.36. The molecule has 2 aromatic heterocycles. The number of nitrogens with zero attached hydrogens (tertiary/aromatic N) is 3. The maximum Gasteiger partial charge on any atom is 0.140 e. The fourth-order valence-electron chi connectivity index (χ4n) is 1.82. The van der Waals surface area contributed by atoms with Crippen molar-refractivity contribution in [1.82, 2.24) is 9.97 Å². The third kappa shape index (κ3) is 2.79. The van der Waals surface area contributed by atoms with Crippen LogP contribution in [0.2, 0.25) is 0 Å². The smallest absolute Gasteiger partial charge is 0.140 e. The lowest BCUT2D eigenvalue weighted by molar-refractivity contribution is 0.187. The fraction of sp³-hybridized carbons (Fsp3) is 0.538. The second-order valence-electron chi connectivity index (χ2n) is 4.52. The molecule has 0 radical (unpaired) electrons. The Kier molecular flexibility index (Phi) is 4.14. The SMILES string of the molecule is CCc1nc(N(C)CCC(C)O)c2ccsc2n1. The number of hydrogen-bond donors (Lipinski definition) is 1. The van der Waals surface area contributed by atoms with E-state index in [-0.39, 0.29) is 6.10 Å². The Morgan fingerprint density at radius 3 is 2.89 bits per heavy atom. The van der Waals surface area contributed by atoms with E-state index in [0.29, 0.717) is 0 Å². The minimum absolute atomic E-state index is 0.280. The Morgan fingerprint density at radius 2 is 2.22 bits per heavy atom. The normalized spacial score (nSPS) is 12.9. The van der Waals surface area contributed by atoms with Crippen molar-refractivity contribution in [2.45, 2.75) is 32.8 Å². The molecule has 1 atom stereocenters. The van der Waals surface area contributed by atoms with Crippen molar-refractivity contribution in [2.75, 3.05) is 18.5 Å². The van der Waals surface area contributed by atoms with E-state index in [2.05, 4.69) is 27.9 Å². The van der Waals surface area contributed by atoms with Crippen LogP contribution < -0.4 is 4.90 Å². The highest BCUT2D eigenvalue weighted by molar-refractivity contribution is 7.16. The van der Waals surface area contributed by atoms with E-state index in [4.69, 9.17) is 0 Å². The maximum atomic E-state index is 9.36. The zero-order chi connectivity index (χ0) is 13.1. The van der Waals surface area contributed by atoms with Crippen LogP contribution in [-0.2, 0) is 6.42 Å². The van der Waals surface area contributed by atoms with Gasteiger partial charge in [0.1, 0.15) is 16.5 Å². The van der Waals surface area contributed by atoms with Crippen LogP contribution in [0.4, 0.5) is 5.82 Å². The van der Waals surface area contributed by atoms with E-state index in [9.17, 15) is 5.11 Å². The molecule has 2 aromatic rings. The van der Waals surface area contributed by atoms with Crippen molar-refractivity contribution in [3.8, 4) is 0 Å². The van der Waals surface area contributed by atoms with Crippen LogP contribution in [-0.4, -0.2) is 34.8 Å². The van der Waals surface area contributed by atoms with Gasteiger partial charge in [0, 0.05) is 20.0 Å². The summed E-state index contributed by atoms with van der Waals surface area (Å²) in [5.41, 5.74) is 0. The van der Waals surface area contributed by atoms with Gasteiger partial charge in [-0.1, -0.05) is 6.92 Å². The molecule has 2 rings (SSSR count). The molecule has 0 bridgehead atoms. The minimum Gasteiger partial charge on any atom is -0.393 e. The average molecular weight is 265 g/mol. The zero-order valence-electron chi connectivity index (χ0n) is 11.1. The van der Waals surface area contributed by atoms with E-state index in [0.717, 1.165) is 41.2 Å². The van der Waals surface area contributed by atoms with Gasteiger partial charge in [0.15, 0.2) is 0 Å². The molecule has 5 heteroatoms. The monoisotopic (exact) mass is 265 g/mol. The number of aryl methyl sites for hydroxylation is 1. The summed E-state index contributed by atoms with van der Waals surface area (Å²) in [5, 5.41) is 12.5. The van der Waals surface area contributed by atoms with Gasteiger partial charge in [-0.05, 0) is 24.8 Å². The van der Waals surface area contributed by atoms with E-state index in [1.807, 2.05) is 19.4 Å². The Hall–Kier alpha value is -1.20. The summed E-state index contributed by atoms with van der Waals surface area (Å²) in [7, 11) is 2.02. The topological polar surface area (TPSA) is 49.2 Å². The summed E-state index contributed by atoms with van der Waals surface area (Å²) in [4.78, 5) is 12.3. The Labute approximate surface area is 111 Å². The second kappa shape index (κ2) is 5.63. The highest BCUT2D eigenvalue weighted by Gasteiger charge is 2.12. The summed E-state index contributed by atoms with van der Waals surface area (Å²) in [5.74, 6) is 1.85. The molecule has 0 fully saturated rings. The number of rotatable bonds is 5. The number of aliphatic hydroxyl groups excluding tert-OH is 1. The van der Waals surface area contributed by atoms with E-state index in [1.54, 1.807) is 11.3 Å². The average Bonchev–Trinajstić information content (AvgIpc) is 2.82. The number of thiophene rings is 1. The fourth-order valence-corrected chi connectivity index (χ4v) is 2.60. The molecule has 0 spiro atoms. The van der Waals surface area contributed by atoms with Crippen LogP contribution in [0.15, 0.2) is 11.4 Å². The van der Waals surface area contributed by atoms with Crippen LogP contribution in [0.25, 0.3) is 10.2 Å². The van der Waals surface area contributed by atoms with E-state index < -0.39 is 0 Å². The van der Waals surface area contributed by atoms with Crippen molar-refractivity contribution in [2.24, 2.45) is 0 Å². The van der Waals surface area contributed by atoms with Crippen LogP contribution in [0, 0.1) is 0 Å². The predicted molar refractivity (Wildman–Crippen MR) is 76.4 cm³/mol. The molecule has 98 valence electrons. The molecule has 0 aliphatic carbocycles. The Morgan fingerprint density at radius 1 is 1.44 bits per heavy atom. The van der Waals surface area contributed by atoms with Gasteiger partial charge in [-0.2, -0.15) is 0 Å². The molecule has 1 unspecified atom stereocenters. The van der Waals surface area contributed by atoms with Crippen LogP contribution in [0.5, 0.6) is 0 Å². The number of fused-ring (bicyclic) bond motifs is 1. The number of hydrogen-bond acceptors (Lipinski definition) is 5. The Balaban J connectivity index is 2.32. The van der Waals surface area contributed by atoms with E-state index >= 15 is 0 Å². The van der Waals surface area contributed by atoms with Gasteiger partial charge in [0.05, 0.1) is 11.5 Å². The van der Waals surface area contributed by atoms with Gasteiger partial charge in [-0.15, -0.1) is 11.3 Å². The highest BCUT2D eigenvalue weighted by Crippen LogP contribution is 2.27. The van der Waals surface area contributed by atoms with Gasteiger partial charge >= 0.3 is 0 Å². The van der Waals surface area contributed by atoms with Gasteiger partial charge in [0.25, 0.3) is 0 Å². The molecule has 0 aliphatic heterocycles. The lowest BCUT2D eigenvalue weighted by atomic mass is 10.2. The van der Waals surface area contributed by atoms with Crippen LogP contribution >= 0.6 is 11.3 Å². The number of aromatic nitrogens is 2. The second-order valence-corrected chi connectivity index (χ2v) is 5.41. The van der Waals surface area contributed by atoms with Crippen molar-refractivity contribution >= 4 is 27.4 Å². The summed E-state index contributed by atoms with van der Waals surface area (Å²) < 4.78 is 0. The molecule has 1 N–H and O–H groups in total. The lowest BCUT2D eigenvalue weighted by Crippen LogP contribution is -2.23. The zero-order valence-corrected chi connectivity index (χ0v) is 11.9. The number of aliphatic hydroxyl groups is 1. The molecule has 18 heavy (non-hydrogen) atoms. The lowest BCUT2D eigenvalue weighted by Gasteiger charge is -2.20. The quantitative estimate of drug-likeness (QED) is 0.902. The van der Waals surface area contributed by atoms with Crippen molar-refractivity contribution in [3.63, 3.8) is 0 Å². The van der Waals surface area contributed by atoms with Crippen LogP contribution in [0.1, 0.15) is 26.1 Å². The molecule has 0 saturated carbocycles. The van der Waals surface area contributed by atoms with E-state index in [1.165, 1.54) is 0 Å². The van der Waals surface area contributed by atoms with Crippen LogP contribution in [0.3, 0.4) is 0 Å². The van der Waals surface area contributed by atoms with Gasteiger partial charge in [-0.3, -0.25) is 0 Å². The van der Waals surface area contributed by atoms with Gasteiger partial charge in [-0.25, -0.2) is 9.97 Å². The summed E-state index contributed by atoms with van der Waals surface area (Å²) in [6, 6.07) is 2.06. The summed E-state index contributed by atoms with van der Waals surface area (Å²) in [6.45, 7) is 4.67.